The molecule has 0 radical (unpaired) electrons. The molecule has 1 saturated heterocycles. The van der Waals surface area contributed by atoms with Gasteiger partial charge in [-0.1, -0.05) is 13.3 Å². The van der Waals surface area contributed by atoms with Gasteiger partial charge in [-0.15, -0.1) is 0 Å². The Labute approximate surface area is 122 Å². The van der Waals surface area contributed by atoms with E-state index in [0.29, 0.717) is 13.1 Å². The molecule has 1 unspecified atom stereocenters. The molecule has 1 atom stereocenters. The highest BCUT2D eigenvalue weighted by atomic mass is 32.2. The lowest BCUT2D eigenvalue weighted by atomic mass is 10.1. The van der Waals surface area contributed by atoms with Crippen molar-refractivity contribution in [2.45, 2.75) is 38.6 Å². The molecule has 8 heteroatoms. The van der Waals surface area contributed by atoms with Gasteiger partial charge in [0.15, 0.2) is 0 Å². The van der Waals surface area contributed by atoms with E-state index in [2.05, 4.69) is 5.32 Å². The zero-order valence-electron chi connectivity index (χ0n) is 12.3. The minimum atomic E-state index is -3.50. The van der Waals surface area contributed by atoms with Crippen LogP contribution in [0.2, 0.25) is 0 Å². The number of sulfone groups is 1. The largest absolute Gasteiger partial charge is 0.313 e. The van der Waals surface area contributed by atoms with Crippen molar-refractivity contribution < 1.29 is 16.8 Å². The average Bonchev–Trinajstić information content (AvgIpc) is 2.37. The highest BCUT2D eigenvalue weighted by Gasteiger charge is 2.26. The zero-order valence-corrected chi connectivity index (χ0v) is 14.0. The maximum Gasteiger partial charge on any atom is 0.215 e. The molecule has 0 aliphatic carbocycles. The Morgan fingerprint density at radius 1 is 1.15 bits per heavy atom. The standard InChI is InChI=1S/C12H26N2O4S2/c1-3-8-14(11-12-6-4-5-7-13-12)20(17,18)10-9-19(2,15)16/h12-13H,3-11H2,1-2H3. The van der Waals surface area contributed by atoms with Crippen LogP contribution in [0.3, 0.4) is 0 Å². The highest BCUT2D eigenvalue weighted by molar-refractivity contribution is 7.93. The summed E-state index contributed by atoms with van der Waals surface area (Å²) in [5, 5.41) is 3.33. The zero-order chi connectivity index (χ0) is 15.2. The summed E-state index contributed by atoms with van der Waals surface area (Å²) in [5.74, 6) is -0.633. The first kappa shape index (κ1) is 17.9. The first-order chi connectivity index (χ1) is 9.24. The third-order valence-electron chi connectivity index (χ3n) is 3.41. The van der Waals surface area contributed by atoms with Gasteiger partial charge in [0.2, 0.25) is 10.0 Å². The van der Waals surface area contributed by atoms with Crippen LogP contribution in [0.15, 0.2) is 0 Å². The Morgan fingerprint density at radius 2 is 1.85 bits per heavy atom. The van der Waals surface area contributed by atoms with Gasteiger partial charge in [0.1, 0.15) is 9.84 Å². The van der Waals surface area contributed by atoms with E-state index in [1.807, 2.05) is 6.92 Å². The predicted molar refractivity (Wildman–Crippen MR) is 81.0 cm³/mol. The maximum absolute atomic E-state index is 12.3. The van der Waals surface area contributed by atoms with Gasteiger partial charge in [0, 0.05) is 25.4 Å². The molecule has 1 heterocycles. The molecule has 0 aromatic carbocycles. The molecule has 1 aliphatic heterocycles. The predicted octanol–water partition coefficient (Wildman–Crippen LogP) is 0.215. The maximum atomic E-state index is 12.3. The van der Waals surface area contributed by atoms with Crippen LogP contribution in [0.5, 0.6) is 0 Å². The molecular weight excluding hydrogens is 300 g/mol. The number of sulfonamides is 1. The number of nitrogens with one attached hydrogen (secondary N) is 1. The number of hydrogen-bond acceptors (Lipinski definition) is 5. The summed E-state index contributed by atoms with van der Waals surface area (Å²) in [5.41, 5.74) is 0. The molecule has 0 aromatic heterocycles. The summed E-state index contributed by atoms with van der Waals surface area (Å²) < 4.78 is 48.3. The fraction of sp³-hybridized carbons (Fsp3) is 1.00. The van der Waals surface area contributed by atoms with E-state index < -0.39 is 19.9 Å². The van der Waals surface area contributed by atoms with Gasteiger partial charge in [0.05, 0.1) is 11.5 Å². The summed E-state index contributed by atoms with van der Waals surface area (Å²) in [4.78, 5) is 0. The summed E-state index contributed by atoms with van der Waals surface area (Å²) >= 11 is 0. The van der Waals surface area contributed by atoms with E-state index in [9.17, 15) is 16.8 Å². The van der Waals surface area contributed by atoms with E-state index in [4.69, 9.17) is 0 Å². The SMILES string of the molecule is CCCN(CC1CCCCN1)S(=O)(=O)CCS(C)(=O)=O. The molecular formula is C12H26N2O4S2. The Hall–Kier alpha value is -0.180. The first-order valence-corrected chi connectivity index (χ1v) is 10.8. The lowest BCUT2D eigenvalue weighted by molar-refractivity contribution is 0.313. The molecule has 20 heavy (non-hydrogen) atoms. The van der Waals surface area contributed by atoms with Gasteiger partial charge < -0.3 is 5.32 Å². The van der Waals surface area contributed by atoms with Crippen LogP contribution in [0.4, 0.5) is 0 Å². The lowest BCUT2D eigenvalue weighted by Crippen LogP contribution is -2.47. The molecule has 0 saturated carbocycles. The molecule has 1 fully saturated rings. The van der Waals surface area contributed by atoms with Crippen LogP contribution in [-0.2, 0) is 19.9 Å². The van der Waals surface area contributed by atoms with Gasteiger partial charge in [-0.3, -0.25) is 0 Å². The van der Waals surface area contributed by atoms with Crippen LogP contribution >= 0.6 is 0 Å². The monoisotopic (exact) mass is 326 g/mol. The minimum Gasteiger partial charge on any atom is -0.313 e. The second-order valence-corrected chi connectivity index (χ2v) is 9.80. The molecule has 1 rings (SSSR count). The van der Waals surface area contributed by atoms with Crippen molar-refractivity contribution in [1.82, 2.24) is 9.62 Å². The summed E-state index contributed by atoms with van der Waals surface area (Å²) in [6.07, 6.45) is 5.01. The van der Waals surface area contributed by atoms with Gasteiger partial charge in [-0.25, -0.2) is 21.1 Å². The van der Waals surface area contributed by atoms with E-state index >= 15 is 0 Å². The molecule has 0 bridgehead atoms. The second kappa shape index (κ2) is 7.72. The number of piperidine rings is 1. The normalized spacial score (nSPS) is 21.2. The topological polar surface area (TPSA) is 83.6 Å². The van der Waals surface area contributed by atoms with Crippen molar-refractivity contribution in [3.8, 4) is 0 Å². The van der Waals surface area contributed by atoms with Gasteiger partial charge in [0.25, 0.3) is 0 Å². The van der Waals surface area contributed by atoms with Crippen molar-refractivity contribution in [1.29, 1.82) is 0 Å². The molecule has 0 amide bonds. The summed E-state index contributed by atoms with van der Waals surface area (Å²) in [7, 11) is -6.76. The fourth-order valence-corrected chi connectivity index (χ4v) is 5.48. The molecule has 1 N–H and O–H groups in total. The Balaban J connectivity index is 2.67. The summed E-state index contributed by atoms with van der Waals surface area (Å²) in [6.45, 7) is 3.74. The van der Waals surface area contributed by atoms with Gasteiger partial charge in [-0.2, -0.15) is 0 Å². The third-order valence-corrected chi connectivity index (χ3v) is 6.46. The molecule has 0 spiro atoms. The molecule has 6 nitrogen and oxygen atoms in total. The van der Waals surface area contributed by atoms with Crippen molar-refractivity contribution in [2.24, 2.45) is 0 Å². The lowest BCUT2D eigenvalue weighted by Gasteiger charge is -2.29. The van der Waals surface area contributed by atoms with Crippen molar-refractivity contribution >= 4 is 19.9 Å². The van der Waals surface area contributed by atoms with E-state index in [0.717, 1.165) is 38.5 Å². The highest BCUT2D eigenvalue weighted by Crippen LogP contribution is 2.12. The number of hydrogen-bond donors (Lipinski definition) is 1. The van der Waals surface area contributed by atoms with Gasteiger partial charge in [-0.05, 0) is 25.8 Å². The Bertz CT molecular complexity index is 482. The second-order valence-electron chi connectivity index (χ2n) is 5.45. The Morgan fingerprint density at radius 3 is 2.35 bits per heavy atom. The average molecular weight is 326 g/mol. The third kappa shape index (κ3) is 6.51. The van der Waals surface area contributed by atoms with Crippen molar-refractivity contribution in [3.63, 3.8) is 0 Å². The fourth-order valence-electron chi connectivity index (χ4n) is 2.30. The van der Waals surface area contributed by atoms with Crippen LogP contribution in [0.25, 0.3) is 0 Å². The van der Waals surface area contributed by atoms with E-state index in [-0.39, 0.29) is 17.5 Å². The van der Waals surface area contributed by atoms with Crippen LogP contribution < -0.4 is 5.32 Å². The quantitative estimate of drug-likeness (QED) is 0.689. The van der Waals surface area contributed by atoms with Gasteiger partial charge >= 0.3 is 0 Å². The van der Waals surface area contributed by atoms with Crippen LogP contribution in [0.1, 0.15) is 32.6 Å². The van der Waals surface area contributed by atoms with Crippen LogP contribution in [0, 0.1) is 0 Å². The smallest absolute Gasteiger partial charge is 0.215 e. The van der Waals surface area contributed by atoms with E-state index in [1.54, 1.807) is 0 Å². The molecule has 0 aromatic rings. The van der Waals surface area contributed by atoms with E-state index in [1.165, 1.54) is 4.31 Å². The number of rotatable bonds is 8. The molecule has 1 aliphatic rings. The Kier molecular flexibility index (Phi) is 6.90. The molecule has 120 valence electrons. The summed E-state index contributed by atoms with van der Waals surface area (Å²) in [6, 6.07) is 0.184. The first-order valence-electron chi connectivity index (χ1n) is 7.13. The van der Waals surface area contributed by atoms with Crippen LogP contribution in [-0.4, -0.2) is 64.6 Å². The minimum absolute atomic E-state index is 0.184. The van der Waals surface area contributed by atoms with Crippen molar-refractivity contribution in [3.05, 3.63) is 0 Å². The number of nitrogens with zero attached hydrogens (tertiary/aromatic N) is 1. The van der Waals surface area contributed by atoms with Crippen molar-refractivity contribution in [2.75, 3.05) is 37.4 Å².